The highest BCUT2D eigenvalue weighted by Crippen LogP contribution is 2.16. The van der Waals surface area contributed by atoms with Crippen LogP contribution in [-0.4, -0.2) is 29.8 Å². The molecule has 0 spiro atoms. The van der Waals surface area contributed by atoms with Crippen LogP contribution in [0.15, 0.2) is 4.42 Å². The van der Waals surface area contributed by atoms with Gasteiger partial charge in [0.25, 0.3) is 0 Å². The molecule has 0 aliphatic rings. The van der Waals surface area contributed by atoms with E-state index < -0.39 is 0 Å². The van der Waals surface area contributed by atoms with E-state index in [0.29, 0.717) is 11.9 Å². The van der Waals surface area contributed by atoms with Gasteiger partial charge in [0.05, 0.1) is 6.04 Å². The molecule has 1 rings (SSSR count). The summed E-state index contributed by atoms with van der Waals surface area (Å²) in [6.07, 6.45) is 0. The van der Waals surface area contributed by atoms with E-state index >= 15 is 0 Å². The van der Waals surface area contributed by atoms with Crippen molar-refractivity contribution in [1.82, 2.24) is 15.5 Å². The maximum atomic E-state index is 5.58. The van der Waals surface area contributed by atoms with E-state index in [0.717, 1.165) is 19.6 Å². The molecule has 15 heavy (non-hydrogen) atoms. The first kappa shape index (κ1) is 12.0. The van der Waals surface area contributed by atoms with Gasteiger partial charge in [0, 0.05) is 13.1 Å². The molecule has 0 radical (unpaired) electrons. The molecule has 0 aliphatic heterocycles. The van der Waals surface area contributed by atoms with Crippen molar-refractivity contribution in [3.05, 3.63) is 5.89 Å². The molecule has 1 aromatic heterocycles. The summed E-state index contributed by atoms with van der Waals surface area (Å²) >= 11 is 0. The molecular formula is C10H20N4O. The number of rotatable bonds is 6. The van der Waals surface area contributed by atoms with Crippen LogP contribution >= 0.6 is 0 Å². The summed E-state index contributed by atoms with van der Waals surface area (Å²) in [5.41, 5.74) is 0. The Morgan fingerprint density at radius 1 is 1.27 bits per heavy atom. The number of nitrogens with zero attached hydrogens (tertiary/aromatic N) is 3. The maximum Gasteiger partial charge on any atom is 0.318 e. The Labute approximate surface area is 90.9 Å². The van der Waals surface area contributed by atoms with Gasteiger partial charge < -0.3 is 14.6 Å². The smallest absolute Gasteiger partial charge is 0.318 e. The van der Waals surface area contributed by atoms with Gasteiger partial charge in [-0.3, -0.25) is 0 Å². The topological polar surface area (TPSA) is 54.2 Å². The zero-order valence-corrected chi connectivity index (χ0v) is 9.95. The molecule has 1 heterocycles. The number of aromatic nitrogens is 2. The summed E-state index contributed by atoms with van der Waals surface area (Å²) in [7, 11) is 0. The van der Waals surface area contributed by atoms with E-state index in [1.54, 1.807) is 0 Å². The van der Waals surface area contributed by atoms with Gasteiger partial charge in [0.15, 0.2) is 0 Å². The van der Waals surface area contributed by atoms with E-state index in [1.807, 2.05) is 11.8 Å². The molecule has 1 unspecified atom stereocenters. The summed E-state index contributed by atoms with van der Waals surface area (Å²) in [4.78, 5) is 2.04. The molecule has 1 atom stereocenters. The molecule has 1 aromatic rings. The highest BCUT2D eigenvalue weighted by molar-refractivity contribution is 5.23. The second kappa shape index (κ2) is 5.70. The number of hydrogen-bond acceptors (Lipinski definition) is 5. The van der Waals surface area contributed by atoms with Crippen molar-refractivity contribution in [3.8, 4) is 0 Å². The van der Waals surface area contributed by atoms with Gasteiger partial charge in [-0.1, -0.05) is 12.0 Å². The third kappa shape index (κ3) is 2.92. The molecule has 0 fully saturated rings. The van der Waals surface area contributed by atoms with Crippen LogP contribution < -0.4 is 10.2 Å². The summed E-state index contributed by atoms with van der Waals surface area (Å²) in [5, 5.41) is 11.3. The summed E-state index contributed by atoms with van der Waals surface area (Å²) < 4.78 is 5.58. The van der Waals surface area contributed by atoms with Crippen molar-refractivity contribution < 1.29 is 4.42 Å². The number of hydrogen-bond donors (Lipinski definition) is 1. The van der Waals surface area contributed by atoms with Crippen molar-refractivity contribution in [2.75, 3.05) is 24.5 Å². The minimum Gasteiger partial charge on any atom is -0.406 e. The van der Waals surface area contributed by atoms with E-state index in [4.69, 9.17) is 4.42 Å². The molecule has 5 nitrogen and oxygen atoms in total. The van der Waals surface area contributed by atoms with E-state index in [-0.39, 0.29) is 6.04 Å². The van der Waals surface area contributed by atoms with Crippen molar-refractivity contribution in [1.29, 1.82) is 0 Å². The van der Waals surface area contributed by atoms with E-state index in [1.165, 1.54) is 0 Å². The fourth-order valence-electron chi connectivity index (χ4n) is 1.42. The minimum absolute atomic E-state index is 0.117. The third-order valence-electron chi connectivity index (χ3n) is 2.34. The van der Waals surface area contributed by atoms with Crippen LogP contribution in [0.1, 0.15) is 39.6 Å². The molecule has 0 amide bonds. The SMILES string of the molecule is CCNC(C)c1nnc(N(CC)CC)o1. The Hall–Kier alpha value is -1.10. The molecule has 86 valence electrons. The van der Waals surface area contributed by atoms with Crippen molar-refractivity contribution in [2.45, 2.75) is 33.7 Å². The van der Waals surface area contributed by atoms with Gasteiger partial charge in [-0.05, 0) is 27.3 Å². The fourth-order valence-corrected chi connectivity index (χ4v) is 1.42. The Balaban J connectivity index is 2.70. The molecular weight excluding hydrogens is 192 g/mol. The quantitative estimate of drug-likeness (QED) is 0.776. The highest BCUT2D eigenvalue weighted by Gasteiger charge is 2.15. The Bertz CT molecular complexity index is 283. The van der Waals surface area contributed by atoms with Crippen molar-refractivity contribution in [2.24, 2.45) is 0 Å². The lowest BCUT2D eigenvalue weighted by atomic mass is 10.3. The molecule has 1 N–H and O–H groups in total. The molecule has 0 bridgehead atoms. The van der Waals surface area contributed by atoms with Crippen molar-refractivity contribution in [3.63, 3.8) is 0 Å². The molecule has 0 aromatic carbocycles. The normalized spacial score (nSPS) is 12.8. The van der Waals surface area contributed by atoms with Gasteiger partial charge in [0.2, 0.25) is 5.89 Å². The first-order chi connectivity index (χ1) is 7.22. The summed E-state index contributed by atoms with van der Waals surface area (Å²) in [6.45, 7) is 10.9. The van der Waals surface area contributed by atoms with Gasteiger partial charge in [-0.25, -0.2) is 0 Å². The van der Waals surface area contributed by atoms with Gasteiger partial charge in [0.1, 0.15) is 0 Å². The van der Waals surface area contributed by atoms with Crippen LogP contribution in [0.3, 0.4) is 0 Å². The lowest BCUT2D eigenvalue weighted by Gasteiger charge is -2.14. The summed E-state index contributed by atoms with van der Waals surface area (Å²) in [5.74, 6) is 0.652. The molecule has 5 heteroatoms. The lowest BCUT2D eigenvalue weighted by Crippen LogP contribution is -2.22. The zero-order valence-electron chi connectivity index (χ0n) is 9.95. The van der Waals surface area contributed by atoms with Crippen LogP contribution in [0, 0.1) is 0 Å². The van der Waals surface area contributed by atoms with Gasteiger partial charge >= 0.3 is 6.01 Å². The fraction of sp³-hybridized carbons (Fsp3) is 0.800. The van der Waals surface area contributed by atoms with Crippen LogP contribution in [0.4, 0.5) is 6.01 Å². The predicted octanol–water partition coefficient (Wildman–Crippen LogP) is 1.59. The largest absolute Gasteiger partial charge is 0.406 e. The average Bonchev–Trinajstić information content (AvgIpc) is 2.69. The van der Waals surface area contributed by atoms with Crippen LogP contribution in [0.25, 0.3) is 0 Å². The maximum absolute atomic E-state index is 5.58. The van der Waals surface area contributed by atoms with E-state index in [2.05, 4.69) is 36.3 Å². The summed E-state index contributed by atoms with van der Waals surface area (Å²) in [6, 6.07) is 0.728. The van der Waals surface area contributed by atoms with Gasteiger partial charge in [-0.2, -0.15) is 0 Å². The predicted molar refractivity (Wildman–Crippen MR) is 60.0 cm³/mol. The second-order valence-corrected chi connectivity index (χ2v) is 3.37. The monoisotopic (exact) mass is 212 g/mol. The average molecular weight is 212 g/mol. The first-order valence-corrected chi connectivity index (χ1v) is 5.54. The first-order valence-electron chi connectivity index (χ1n) is 5.54. The number of anilines is 1. The van der Waals surface area contributed by atoms with Crippen LogP contribution in [-0.2, 0) is 0 Å². The molecule has 0 saturated heterocycles. The molecule has 0 aliphatic carbocycles. The lowest BCUT2D eigenvalue weighted by molar-refractivity contribution is 0.420. The Kier molecular flexibility index (Phi) is 4.55. The third-order valence-corrected chi connectivity index (χ3v) is 2.34. The second-order valence-electron chi connectivity index (χ2n) is 3.37. The van der Waals surface area contributed by atoms with Gasteiger partial charge in [-0.15, -0.1) is 5.10 Å². The van der Waals surface area contributed by atoms with Crippen molar-refractivity contribution >= 4 is 6.01 Å². The Morgan fingerprint density at radius 3 is 2.47 bits per heavy atom. The minimum atomic E-state index is 0.117. The zero-order chi connectivity index (χ0) is 11.3. The standard InChI is InChI=1S/C10H20N4O/c1-5-11-8(4)9-12-13-10(15-9)14(6-2)7-3/h8,11H,5-7H2,1-4H3. The van der Waals surface area contributed by atoms with Crippen LogP contribution in [0.5, 0.6) is 0 Å². The number of nitrogens with one attached hydrogen (secondary N) is 1. The molecule has 0 saturated carbocycles. The van der Waals surface area contributed by atoms with Crippen LogP contribution in [0.2, 0.25) is 0 Å². The Morgan fingerprint density at radius 2 is 1.93 bits per heavy atom. The highest BCUT2D eigenvalue weighted by atomic mass is 16.4. The van der Waals surface area contributed by atoms with E-state index in [9.17, 15) is 0 Å².